The average molecular weight is 179 g/mol. The lowest BCUT2D eigenvalue weighted by atomic mass is 10.1. The molecule has 0 fully saturated rings. The zero-order chi connectivity index (χ0) is 10.3. The minimum atomic E-state index is 0.579. The molecule has 0 spiro atoms. The second kappa shape index (κ2) is 6.23. The van der Waals surface area contributed by atoms with E-state index in [1.807, 2.05) is 32.9 Å². The van der Waals surface area contributed by atoms with E-state index >= 15 is 0 Å². The number of rotatable bonds is 5. The average Bonchev–Trinajstić information content (AvgIpc) is 2.03. The molecule has 0 aromatic heterocycles. The first-order chi connectivity index (χ1) is 6.07. The van der Waals surface area contributed by atoms with Gasteiger partial charge in [0.1, 0.15) is 0 Å². The van der Waals surface area contributed by atoms with Gasteiger partial charge in [0, 0.05) is 6.54 Å². The molecule has 0 bridgehead atoms. The fourth-order valence-electron chi connectivity index (χ4n) is 0.797. The van der Waals surface area contributed by atoms with Gasteiger partial charge in [-0.25, -0.2) is 0 Å². The Hall–Kier alpha value is -1.31. The minimum Gasteiger partial charge on any atom is -0.355 e. The van der Waals surface area contributed by atoms with Gasteiger partial charge in [-0.1, -0.05) is 29.9 Å². The first-order valence-corrected chi connectivity index (χ1v) is 4.25. The second-order valence-electron chi connectivity index (χ2n) is 3.20. The molecule has 2 nitrogen and oxygen atoms in total. The Bertz CT molecular complexity index is 245. The van der Waals surface area contributed by atoms with Gasteiger partial charge in [0.15, 0.2) is 0 Å². The third-order valence-electron chi connectivity index (χ3n) is 1.59. The predicted octanol–water partition coefficient (Wildman–Crippen LogP) is 2.20. The topological polar surface area (TPSA) is 29.1 Å². The molecule has 0 saturated carbocycles. The van der Waals surface area contributed by atoms with Crippen molar-refractivity contribution in [2.24, 2.45) is 0 Å². The van der Waals surface area contributed by atoms with Crippen LogP contribution in [0.2, 0.25) is 0 Å². The SMILES string of the molecule is C=C(C)/C=C\C(CNC=O)=C(C)C. The van der Waals surface area contributed by atoms with Crippen molar-refractivity contribution in [3.63, 3.8) is 0 Å². The van der Waals surface area contributed by atoms with E-state index in [-0.39, 0.29) is 0 Å². The van der Waals surface area contributed by atoms with Crippen molar-refractivity contribution < 1.29 is 4.79 Å². The van der Waals surface area contributed by atoms with Crippen molar-refractivity contribution in [3.8, 4) is 0 Å². The summed E-state index contributed by atoms with van der Waals surface area (Å²) >= 11 is 0. The third kappa shape index (κ3) is 5.91. The van der Waals surface area contributed by atoms with Gasteiger partial charge < -0.3 is 5.32 Å². The number of carbonyl (C=O) groups is 1. The number of hydrogen-bond acceptors (Lipinski definition) is 1. The van der Waals surface area contributed by atoms with E-state index in [2.05, 4.69) is 11.9 Å². The van der Waals surface area contributed by atoms with Gasteiger partial charge in [-0.15, -0.1) is 0 Å². The van der Waals surface area contributed by atoms with Gasteiger partial charge in [-0.3, -0.25) is 4.79 Å². The van der Waals surface area contributed by atoms with E-state index in [9.17, 15) is 4.79 Å². The normalized spacial score (nSPS) is 9.77. The smallest absolute Gasteiger partial charge is 0.207 e. The molecular weight excluding hydrogens is 162 g/mol. The van der Waals surface area contributed by atoms with Crippen molar-refractivity contribution >= 4 is 6.41 Å². The van der Waals surface area contributed by atoms with Gasteiger partial charge in [0.25, 0.3) is 0 Å². The highest BCUT2D eigenvalue weighted by Gasteiger charge is 1.93. The Morgan fingerprint density at radius 2 is 1.92 bits per heavy atom. The van der Waals surface area contributed by atoms with E-state index < -0.39 is 0 Å². The molecular formula is C11H17NO. The van der Waals surface area contributed by atoms with Gasteiger partial charge in [-0.2, -0.15) is 0 Å². The highest BCUT2D eigenvalue weighted by Crippen LogP contribution is 2.05. The molecule has 0 aliphatic rings. The van der Waals surface area contributed by atoms with Crippen LogP contribution in [0, 0.1) is 0 Å². The Morgan fingerprint density at radius 1 is 1.31 bits per heavy atom. The van der Waals surface area contributed by atoms with Crippen LogP contribution < -0.4 is 5.32 Å². The van der Waals surface area contributed by atoms with Crippen molar-refractivity contribution in [2.45, 2.75) is 20.8 Å². The quantitative estimate of drug-likeness (QED) is 0.508. The summed E-state index contributed by atoms with van der Waals surface area (Å²) in [5.74, 6) is 0. The van der Waals surface area contributed by atoms with Crippen molar-refractivity contribution in [2.75, 3.05) is 6.54 Å². The molecule has 13 heavy (non-hydrogen) atoms. The summed E-state index contributed by atoms with van der Waals surface area (Å²) in [5, 5.41) is 2.63. The molecule has 1 N–H and O–H groups in total. The molecule has 0 aliphatic carbocycles. The summed E-state index contributed by atoms with van der Waals surface area (Å²) in [7, 11) is 0. The summed E-state index contributed by atoms with van der Waals surface area (Å²) in [6.07, 6.45) is 4.63. The molecule has 0 aromatic carbocycles. The third-order valence-corrected chi connectivity index (χ3v) is 1.59. The summed E-state index contributed by atoms with van der Waals surface area (Å²) < 4.78 is 0. The maximum absolute atomic E-state index is 10.1. The summed E-state index contributed by atoms with van der Waals surface area (Å²) in [4.78, 5) is 10.1. The van der Waals surface area contributed by atoms with Gasteiger partial charge in [0.05, 0.1) is 0 Å². The molecule has 1 amide bonds. The first-order valence-electron chi connectivity index (χ1n) is 4.25. The number of hydrogen-bond donors (Lipinski definition) is 1. The zero-order valence-electron chi connectivity index (χ0n) is 8.55. The first kappa shape index (κ1) is 11.7. The number of allylic oxidation sites excluding steroid dienone is 3. The van der Waals surface area contributed by atoms with Crippen molar-refractivity contribution in [1.82, 2.24) is 5.32 Å². The standard InChI is InChI=1S/C11H17NO/c1-9(2)5-6-11(10(3)4)7-12-8-13/h5-6,8H,1,7H2,2-4H3,(H,12,13)/b6-5-. The Balaban J connectivity index is 4.37. The highest BCUT2D eigenvalue weighted by atomic mass is 16.1. The van der Waals surface area contributed by atoms with Crippen LogP contribution in [-0.2, 0) is 4.79 Å². The molecule has 0 aromatic rings. The molecule has 0 unspecified atom stereocenters. The number of nitrogens with one attached hydrogen (secondary N) is 1. The molecule has 0 aliphatic heterocycles. The van der Waals surface area contributed by atoms with Crippen LogP contribution in [0.4, 0.5) is 0 Å². The van der Waals surface area contributed by atoms with Gasteiger partial charge in [0.2, 0.25) is 6.41 Å². The molecule has 0 rings (SSSR count). The highest BCUT2D eigenvalue weighted by molar-refractivity contribution is 5.47. The lowest BCUT2D eigenvalue weighted by Crippen LogP contribution is -2.14. The summed E-state index contributed by atoms with van der Waals surface area (Å²) in [6, 6.07) is 0. The second-order valence-corrected chi connectivity index (χ2v) is 3.20. The van der Waals surface area contributed by atoms with E-state index in [4.69, 9.17) is 0 Å². The summed E-state index contributed by atoms with van der Waals surface area (Å²) in [6.45, 7) is 10.3. The van der Waals surface area contributed by atoms with E-state index in [0.717, 1.165) is 11.1 Å². The largest absolute Gasteiger partial charge is 0.355 e. The van der Waals surface area contributed by atoms with E-state index in [1.165, 1.54) is 5.57 Å². The maximum atomic E-state index is 10.1. The van der Waals surface area contributed by atoms with E-state index in [1.54, 1.807) is 0 Å². The molecule has 0 saturated heterocycles. The maximum Gasteiger partial charge on any atom is 0.207 e. The fraction of sp³-hybridized carbons (Fsp3) is 0.364. The monoisotopic (exact) mass is 179 g/mol. The summed E-state index contributed by atoms with van der Waals surface area (Å²) in [5.41, 5.74) is 3.33. The van der Waals surface area contributed by atoms with Crippen molar-refractivity contribution in [3.05, 3.63) is 35.5 Å². The van der Waals surface area contributed by atoms with Crippen LogP contribution in [0.5, 0.6) is 0 Å². The number of carbonyl (C=O) groups excluding carboxylic acids is 1. The zero-order valence-corrected chi connectivity index (χ0v) is 8.55. The van der Waals surface area contributed by atoms with Gasteiger partial charge >= 0.3 is 0 Å². The molecule has 0 heterocycles. The Kier molecular flexibility index (Phi) is 5.60. The van der Waals surface area contributed by atoms with Crippen LogP contribution >= 0.6 is 0 Å². The lowest BCUT2D eigenvalue weighted by Gasteiger charge is -2.03. The Morgan fingerprint density at radius 3 is 2.31 bits per heavy atom. The Labute approximate surface area is 80.0 Å². The van der Waals surface area contributed by atoms with Gasteiger partial charge in [-0.05, 0) is 26.3 Å². The van der Waals surface area contributed by atoms with Crippen molar-refractivity contribution in [1.29, 1.82) is 0 Å². The minimum absolute atomic E-state index is 0.579. The lowest BCUT2D eigenvalue weighted by molar-refractivity contribution is -0.109. The van der Waals surface area contributed by atoms with Crippen LogP contribution in [0.3, 0.4) is 0 Å². The number of amides is 1. The van der Waals surface area contributed by atoms with E-state index in [0.29, 0.717) is 13.0 Å². The molecule has 0 radical (unpaired) electrons. The van der Waals surface area contributed by atoms with Crippen LogP contribution in [-0.4, -0.2) is 13.0 Å². The molecule has 72 valence electrons. The predicted molar refractivity (Wildman–Crippen MR) is 56.4 cm³/mol. The molecule has 2 heteroatoms. The van der Waals surface area contributed by atoms with Crippen LogP contribution in [0.25, 0.3) is 0 Å². The fourth-order valence-corrected chi connectivity index (χ4v) is 0.797. The van der Waals surface area contributed by atoms with Crippen LogP contribution in [0.15, 0.2) is 35.5 Å². The van der Waals surface area contributed by atoms with Crippen LogP contribution in [0.1, 0.15) is 20.8 Å². The molecule has 0 atom stereocenters.